The summed E-state index contributed by atoms with van der Waals surface area (Å²) in [6, 6.07) is 7.51. The Kier molecular flexibility index (Phi) is 3.95. The monoisotopic (exact) mass is 294 g/mol. The number of halogens is 2. The van der Waals surface area contributed by atoms with Crippen LogP contribution < -0.4 is 0 Å². The van der Waals surface area contributed by atoms with E-state index in [9.17, 15) is 14.3 Å². The molecule has 2 rings (SSSR count). The van der Waals surface area contributed by atoms with Gasteiger partial charge in [0.05, 0.1) is 7.11 Å². The number of rotatable bonds is 2. The standard InChI is InChI=1S/C15H12ClFO3/c1-8-7-11(18)13(15(19)20-2)12(14(8)17)9-3-5-10(16)6-4-9/h3-7,18H,1-2H3. The summed E-state index contributed by atoms with van der Waals surface area (Å²) in [5.41, 5.74) is 0.482. The van der Waals surface area contributed by atoms with Gasteiger partial charge in [0.25, 0.3) is 0 Å². The summed E-state index contributed by atoms with van der Waals surface area (Å²) in [7, 11) is 1.17. The summed E-state index contributed by atoms with van der Waals surface area (Å²) >= 11 is 5.80. The van der Waals surface area contributed by atoms with E-state index in [0.29, 0.717) is 10.6 Å². The average molecular weight is 295 g/mol. The fourth-order valence-electron chi connectivity index (χ4n) is 1.97. The Morgan fingerprint density at radius 1 is 1.30 bits per heavy atom. The molecular weight excluding hydrogens is 283 g/mol. The van der Waals surface area contributed by atoms with Crippen LogP contribution in [0.15, 0.2) is 30.3 Å². The molecule has 0 spiro atoms. The summed E-state index contributed by atoms with van der Waals surface area (Å²) in [6.45, 7) is 1.51. The number of esters is 1. The van der Waals surface area contributed by atoms with Crippen molar-refractivity contribution in [2.24, 2.45) is 0 Å². The van der Waals surface area contributed by atoms with Crippen LogP contribution in [0.25, 0.3) is 11.1 Å². The van der Waals surface area contributed by atoms with Crippen LogP contribution in [-0.2, 0) is 4.74 Å². The second kappa shape index (κ2) is 5.51. The zero-order chi connectivity index (χ0) is 14.9. The second-order valence-corrected chi connectivity index (χ2v) is 4.71. The van der Waals surface area contributed by atoms with Gasteiger partial charge in [0.1, 0.15) is 17.1 Å². The third-order valence-electron chi connectivity index (χ3n) is 2.95. The molecule has 0 amide bonds. The Bertz CT molecular complexity index is 666. The van der Waals surface area contributed by atoms with Gasteiger partial charge in [0, 0.05) is 10.6 Å². The second-order valence-electron chi connectivity index (χ2n) is 4.28. The zero-order valence-corrected chi connectivity index (χ0v) is 11.7. The Hall–Kier alpha value is -2.07. The molecular formula is C15H12ClFO3. The first-order valence-corrected chi connectivity index (χ1v) is 6.19. The smallest absolute Gasteiger partial charge is 0.342 e. The van der Waals surface area contributed by atoms with Gasteiger partial charge in [-0.15, -0.1) is 0 Å². The van der Waals surface area contributed by atoms with Gasteiger partial charge in [0.2, 0.25) is 0 Å². The van der Waals surface area contributed by atoms with Crippen molar-refractivity contribution < 1.29 is 19.0 Å². The number of phenols is 1. The van der Waals surface area contributed by atoms with Gasteiger partial charge in [-0.25, -0.2) is 9.18 Å². The maximum absolute atomic E-state index is 14.4. The van der Waals surface area contributed by atoms with E-state index in [0.717, 1.165) is 0 Å². The highest BCUT2D eigenvalue weighted by atomic mass is 35.5. The molecule has 0 aliphatic heterocycles. The van der Waals surface area contributed by atoms with Crippen LogP contribution >= 0.6 is 11.6 Å². The lowest BCUT2D eigenvalue weighted by Crippen LogP contribution is -2.07. The van der Waals surface area contributed by atoms with Crippen molar-refractivity contribution in [1.82, 2.24) is 0 Å². The summed E-state index contributed by atoms with van der Waals surface area (Å²) in [5, 5.41) is 10.4. The SMILES string of the molecule is COC(=O)c1c(O)cc(C)c(F)c1-c1ccc(Cl)cc1. The molecule has 104 valence electrons. The van der Waals surface area contributed by atoms with Crippen molar-refractivity contribution in [3.63, 3.8) is 0 Å². The zero-order valence-electron chi connectivity index (χ0n) is 10.9. The number of ether oxygens (including phenoxy) is 1. The van der Waals surface area contributed by atoms with Crippen molar-refractivity contribution in [1.29, 1.82) is 0 Å². The first kappa shape index (κ1) is 14.3. The van der Waals surface area contributed by atoms with Gasteiger partial charge in [0.15, 0.2) is 0 Å². The first-order chi connectivity index (χ1) is 9.45. The summed E-state index contributed by atoms with van der Waals surface area (Å²) in [4.78, 5) is 11.8. The molecule has 0 radical (unpaired) electrons. The quantitative estimate of drug-likeness (QED) is 0.853. The minimum absolute atomic E-state index is 0.00557. The fourth-order valence-corrected chi connectivity index (χ4v) is 2.10. The topological polar surface area (TPSA) is 46.5 Å². The average Bonchev–Trinajstić information content (AvgIpc) is 2.43. The number of aromatic hydroxyl groups is 1. The molecule has 0 aliphatic rings. The fraction of sp³-hybridized carbons (Fsp3) is 0.133. The number of hydrogen-bond donors (Lipinski definition) is 1. The van der Waals surface area contributed by atoms with Crippen LogP contribution in [0.2, 0.25) is 5.02 Å². The third-order valence-corrected chi connectivity index (χ3v) is 3.20. The minimum atomic E-state index is -0.800. The van der Waals surface area contributed by atoms with E-state index >= 15 is 0 Å². The van der Waals surface area contributed by atoms with Gasteiger partial charge < -0.3 is 9.84 Å². The third kappa shape index (κ3) is 2.47. The molecule has 2 aromatic carbocycles. The first-order valence-electron chi connectivity index (χ1n) is 5.82. The molecule has 0 aliphatic carbocycles. The Balaban J connectivity index is 2.78. The molecule has 0 bridgehead atoms. The maximum atomic E-state index is 14.4. The lowest BCUT2D eigenvalue weighted by atomic mass is 9.95. The summed E-state index contributed by atoms with van der Waals surface area (Å²) in [5.74, 6) is -1.70. The highest BCUT2D eigenvalue weighted by Gasteiger charge is 2.23. The molecule has 2 aromatic rings. The lowest BCUT2D eigenvalue weighted by Gasteiger charge is -2.13. The van der Waals surface area contributed by atoms with E-state index in [1.54, 1.807) is 24.3 Å². The number of hydrogen-bond acceptors (Lipinski definition) is 3. The summed E-state index contributed by atoms with van der Waals surface area (Å²) < 4.78 is 19.0. The van der Waals surface area contributed by atoms with Crippen molar-refractivity contribution in [3.8, 4) is 16.9 Å². The Labute approximate surface area is 120 Å². The van der Waals surface area contributed by atoms with E-state index in [2.05, 4.69) is 4.74 Å². The van der Waals surface area contributed by atoms with Crippen LogP contribution in [0.5, 0.6) is 5.75 Å². The Morgan fingerprint density at radius 2 is 1.90 bits per heavy atom. The largest absolute Gasteiger partial charge is 0.507 e. The molecule has 0 aromatic heterocycles. The van der Waals surface area contributed by atoms with Crippen molar-refractivity contribution >= 4 is 17.6 Å². The number of carbonyl (C=O) groups is 1. The van der Waals surface area contributed by atoms with Gasteiger partial charge in [-0.05, 0) is 36.2 Å². The van der Waals surface area contributed by atoms with Crippen LogP contribution in [0.4, 0.5) is 4.39 Å². The molecule has 0 heterocycles. The van der Waals surface area contributed by atoms with E-state index in [4.69, 9.17) is 11.6 Å². The van der Waals surface area contributed by atoms with E-state index in [1.165, 1.54) is 20.1 Å². The number of benzene rings is 2. The molecule has 5 heteroatoms. The molecule has 0 saturated heterocycles. The summed E-state index contributed by atoms with van der Waals surface area (Å²) in [6.07, 6.45) is 0. The normalized spacial score (nSPS) is 10.4. The van der Waals surface area contributed by atoms with Crippen LogP contribution in [0.3, 0.4) is 0 Å². The van der Waals surface area contributed by atoms with Gasteiger partial charge in [-0.2, -0.15) is 0 Å². The van der Waals surface area contributed by atoms with E-state index < -0.39 is 11.8 Å². The molecule has 20 heavy (non-hydrogen) atoms. The van der Waals surface area contributed by atoms with E-state index in [1.807, 2.05) is 0 Å². The highest BCUT2D eigenvalue weighted by molar-refractivity contribution is 6.30. The van der Waals surface area contributed by atoms with Gasteiger partial charge in [-0.3, -0.25) is 0 Å². The van der Waals surface area contributed by atoms with Crippen molar-refractivity contribution in [2.45, 2.75) is 6.92 Å². The molecule has 0 saturated carbocycles. The van der Waals surface area contributed by atoms with E-state index in [-0.39, 0.29) is 22.4 Å². The van der Waals surface area contributed by atoms with Crippen molar-refractivity contribution in [2.75, 3.05) is 7.11 Å². The number of carbonyl (C=O) groups excluding carboxylic acids is 1. The Morgan fingerprint density at radius 3 is 2.45 bits per heavy atom. The van der Waals surface area contributed by atoms with Crippen LogP contribution in [-0.4, -0.2) is 18.2 Å². The predicted molar refractivity (Wildman–Crippen MR) is 74.6 cm³/mol. The maximum Gasteiger partial charge on any atom is 0.342 e. The number of methoxy groups -OCH3 is 1. The highest BCUT2D eigenvalue weighted by Crippen LogP contribution is 2.35. The molecule has 1 N–H and O–H groups in total. The van der Waals surface area contributed by atoms with Crippen LogP contribution in [0.1, 0.15) is 15.9 Å². The van der Waals surface area contributed by atoms with Gasteiger partial charge in [-0.1, -0.05) is 23.7 Å². The lowest BCUT2D eigenvalue weighted by molar-refractivity contribution is 0.0598. The molecule has 0 fully saturated rings. The molecule has 0 unspecified atom stereocenters. The molecule has 3 nitrogen and oxygen atoms in total. The predicted octanol–water partition coefficient (Wildman–Crippen LogP) is 3.95. The van der Waals surface area contributed by atoms with Crippen LogP contribution in [0, 0.1) is 12.7 Å². The number of phenolic OH excluding ortho intramolecular Hbond substituents is 1. The number of aryl methyl sites for hydroxylation is 1. The molecule has 0 atom stereocenters. The minimum Gasteiger partial charge on any atom is -0.507 e. The van der Waals surface area contributed by atoms with Crippen molar-refractivity contribution in [3.05, 3.63) is 52.3 Å². The van der Waals surface area contributed by atoms with Gasteiger partial charge >= 0.3 is 5.97 Å².